The second-order valence-electron chi connectivity index (χ2n) is 6.39. The van der Waals surface area contributed by atoms with Gasteiger partial charge in [0.25, 0.3) is 0 Å². The van der Waals surface area contributed by atoms with Crippen LogP contribution in [0.25, 0.3) is 0 Å². The van der Waals surface area contributed by atoms with Gasteiger partial charge in [0.05, 0.1) is 32.4 Å². The number of carbonyl (C=O) groups is 1. The van der Waals surface area contributed by atoms with Gasteiger partial charge in [-0.25, -0.2) is 8.42 Å². The van der Waals surface area contributed by atoms with Crippen LogP contribution in [0.3, 0.4) is 0 Å². The van der Waals surface area contributed by atoms with Crippen LogP contribution in [0.1, 0.15) is 5.56 Å². The summed E-state index contributed by atoms with van der Waals surface area (Å²) in [5, 5.41) is 12.8. The Morgan fingerprint density at radius 3 is 2.66 bits per heavy atom. The molecule has 3 rings (SSSR count). The lowest BCUT2D eigenvalue weighted by atomic mass is 10.1. The van der Waals surface area contributed by atoms with Crippen LogP contribution in [0.5, 0.6) is 11.5 Å². The summed E-state index contributed by atoms with van der Waals surface area (Å²) in [5.74, 6) is -0.344. The predicted octanol–water partition coefficient (Wildman–Crippen LogP) is 2.26. The number of aromatic hydroxyl groups is 1. The minimum Gasteiger partial charge on any atom is -0.506 e. The molecule has 10 heteroatoms. The number of rotatable bonds is 6. The number of sulfonamides is 1. The number of hydrogen-bond acceptors (Lipinski definition) is 6. The van der Waals surface area contributed by atoms with Crippen molar-refractivity contribution >= 4 is 33.2 Å². The highest BCUT2D eigenvalue weighted by molar-refractivity contribution is 7.89. The quantitative estimate of drug-likeness (QED) is 0.667. The molecule has 1 aliphatic heterocycles. The number of anilines is 1. The summed E-state index contributed by atoms with van der Waals surface area (Å²) in [7, 11) is -2.40. The molecular formula is C19H21ClN2O6S. The highest BCUT2D eigenvalue weighted by atomic mass is 35.5. The lowest BCUT2D eigenvalue weighted by molar-refractivity contribution is -0.115. The number of nitrogens with one attached hydrogen (secondary N) is 1. The largest absolute Gasteiger partial charge is 0.506 e. The number of amides is 1. The molecule has 0 bridgehead atoms. The minimum atomic E-state index is -3.80. The van der Waals surface area contributed by atoms with Gasteiger partial charge in [-0.3, -0.25) is 4.79 Å². The molecule has 0 atom stereocenters. The van der Waals surface area contributed by atoms with Gasteiger partial charge in [0.15, 0.2) is 0 Å². The number of methoxy groups -OCH3 is 1. The van der Waals surface area contributed by atoms with Crippen LogP contribution in [0.15, 0.2) is 41.3 Å². The third-order valence-electron chi connectivity index (χ3n) is 4.41. The third-order valence-corrected chi connectivity index (χ3v) is 6.57. The molecule has 0 aromatic heterocycles. The van der Waals surface area contributed by atoms with Gasteiger partial charge in [0, 0.05) is 18.1 Å². The van der Waals surface area contributed by atoms with Gasteiger partial charge >= 0.3 is 0 Å². The van der Waals surface area contributed by atoms with Crippen molar-refractivity contribution in [2.75, 3.05) is 38.7 Å². The normalized spacial score (nSPS) is 15.1. The third kappa shape index (κ3) is 4.99. The molecule has 1 fully saturated rings. The molecule has 8 nitrogen and oxygen atoms in total. The van der Waals surface area contributed by atoms with E-state index in [1.807, 2.05) is 0 Å². The van der Waals surface area contributed by atoms with Gasteiger partial charge in [0.2, 0.25) is 15.9 Å². The van der Waals surface area contributed by atoms with E-state index in [2.05, 4.69) is 5.32 Å². The van der Waals surface area contributed by atoms with E-state index in [1.165, 1.54) is 41.7 Å². The van der Waals surface area contributed by atoms with Crippen molar-refractivity contribution in [3.63, 3.8) is 0 Å². The van der Waals surface area contributed by atoms with E-state index in [1.54, 1.807) is 6.07 Å². The Morgan fingerprint density at radius 1 is 1.24 bits per heavy atom. The number of hydrogen-bond donors (Lipinski definition) is 2. The van der Waals surface area contributed by atoms with Crippen molar-refractivity contribution in [1.29, 1.82) is 0 Å². The van der Waals surface area contributed by atoms with Crippen LogP contribution >= 0.6 is 11.6 Å². The van der Waals surface area contributed by atoms with Crippen LogP contribution in [0, 0.1) is 0 Å². The summed E-state index contributed by atoms with van der Waals surface area (Å²) in [6, 6.07) is 8.87. The Bertz CT molecular complexity index is 1010. The summed E-state index contributed by atoms with van der Waals surface area (Å²) in [6.07, 6.45) is -0.0957. The minimum absolute atomic E-state index is 0.00203. The SMILES string of the molecule is COc1ccc(CC(=O)Nc2cc(Cl)ccc2O)cc1S(=O)(=O)N1CCOCC1. The van der Waals surface area contributed by atoms with Gasteiger partial charge in [-0.1, -0.05) is 17.7 Å². The van der Waals surface area contributed by atoms with Gasteiger partial charge in [-0.15, -0.1) is 0 Å². The highest BCUT2D eigenvalue weighted by Gasteiger charge is 2.29. The van der Waals surface area contributed by atoms with E-state index in [4.69, 9.17) is 21.1 Å². The summed E-state index contributed by atoms with van der Waals surface area (Å²) < 4.78 is 37.8. The van der Waals surface area contributed by atoms with Gasteiger partial charge in [-0.05, 0) is 35.9 Å². The zero-order valence-corrected chi connectivity index (χ0v) is 17.3. The second-order valence-corrected chi connectivity index (χ2v) is 8.73. The van der Waals surface area contributed by atoms with E-state index in [0.29, 0.717) is 23.8 Å². The summed E-state index contributed by atoms with van der Waals surface area (Å²) in [6.45, 7) is 1.16. The van der Waals surface area contributed by atoms with Crippen LogP contribution in [0.2, 0.25) is 5.02 Å². The number of nitrogens with zero attached hydrogens (tertiary/aromatic N) is 1. The summed E-state index contributed by atoms with van der Waals surface area (Å²) in [4.78, 5) is 12.4. The molecule has 1 heterocycles. The van der Waals surface area contributed by atoms with Crippen LogP contribution in [-0.2, 0) is 26.0 Å². The van der Waals surface area contributed by atoms with Crippen molar-refractivity contribution in [2.24, 2.45) is 0 Å². The maximum atomic E-state index is 13.0. The average molecular weight is 441 g/mol. The summed E-state index contributed by atoms with van der Waals surface area (Å²) >= 11 is 5.88. The van der Waals surface area contributed by atoms with Gasteiger partial charge in [-0.2, -0.15) is 4.31 Å². The molecule has 2 N–H and O–H groups in total. The van der Waals surface area contributed by atoms with Crippen molar-refractivity contribution in [1.82, 2.24) is 4.31 Å². The molecule has 1 amide bonds. The van der Waals surface area contributed by atoms with Crippen LogP contribution < -0.4 is 10.1 Å². The first-order valence-electron chi connectivity index (χ1n) is 8.84. The van der Waals surface area contributed by atoms with Crippen molar-refractivity contribution in [3.8, 4) is 11.5 Å². The van der Waals surface area contributed by atoms with Gasteiger partial charge < -0.3 is 19.9 Å². The van der Waals surface area contributed by atoms with Crippen molar-refractivity contribution in [2.45, 2.75) is 11.3 Å². The fourth-order valence-corrected chi connectivity index (χ4v) is 4.73. The molecular weight excluding hydrogens is 420 g/mol. The Hall–Kier alpha value is -2.33. The molecule has 29 heavy (non-hydrogen) atoms. The first-order chi connectivity index (χ1) is 13.8. The highest BCUT2D eigenvalue weighted by Crippen LogP contribution is 2.29. The number of morpholine rings is 1. The number of ether oxygens (including phenoxy) is 2. The van der Waals surface area contributed by atoms with E-state index in [-0.39, 0.29) is 41.6 Å². The Balaban J connectivity index is 1.82. The number of halogens is 1. The second kappa shape index (κ2) is 9.00. The molecule has 0 unspecified atom stereocenters. The number of benzene rings is 2. The number of phenolic OH excluding ortho intramolecular Hbond substituents is 1. The van der Waals surface area contributed by atoms with E-state index in [9.17, 15) is 18.3 Å². The zero-order chi connectivity index (χ0) is 21.0. The van der Waals surface area contributed by atoms with E-state index < -0.39 is 15.9 Å². The van der Waals surface area contributed by atoms with Crippen LogP contribution in [-0.4, -0.2) is 57.1 Å². The molecule has 0 radical (unpaired) electrons. The first kappa shape index (κ1) is 21.4. The molecule has 0 spiro atoms. The van der Waals surface area contributed by atoms with E-state index in [0.717, 1.165) is 0 Å². The molecule has 156 valence electrons. The molecule has 0 saturated carbocycles. The fraction of sp³-hybridized carbons (Fsp3) is 0.316. The summed E-state index contributed by atoms with van der Waals surface area (Å²) in [5.41, 5.74) is 0.661. The number of carbonyl (C=O) groups excluding carboxylic acids is 1. The predicted molar refractivity (Wildman–Crippen MR) is 108 cm³/mol. The smallest absolute Gasteiger partial charge is 0.246 e. The average Bonchev–Trinajstić information content (AvgIpc) is 2.71. The first-order valence-corrected chi connectivity index (χ1v) is 10.7. The molecule has 1 saturated heterocycles. The van der Waals surface area contributed by atoms with Crippen LogP contribution in [0.4, 0.5) is 5.69 Å². The van der Waals surface area contributed by atoms with Gasteiger partial charge in [0.1, 0.15) is 16.4 Å². The molecule has 2 aromatic rings. The number of phenols is 1. The Morgan fingerprint density at radius 2 is 1.97 bits per heavy atom. The lowest BCUT2D eigenvalue weighted by Crippen LogP contribution is -2.40. The maximum Gasteiger partial charge on any atom is 0.246 e. The molecule has 0 aliphatic carbocycles. The molecule has 2 aromatic carbocycles. The fourth-order valence-electron chi connectivity index (χ4n) is 2.95. The lowest BCUT2D eigenvalue weighted by Gasteiger charge is -2.26. The monoisotopic (exact) mass is 440 g/mol. The van der Waals surface area contributed by atoms with Crippen molar-refractivity contribution in [3.05, 3.63) is 47.0 Å². The standard InChI is InChI=1S/C19H21ClN2O6S/c1-27-17-5-2-13(10-18(17)29(25,26)22-6-8-28-9-7-22)11-19(24)21-15-12-14(20)3-4-16(15)23/h2-5,10,12,23H,6-9,11H2,1H3,(H,21,24). The van der Waals surface area contributed by atoms with Crippen molar-refractivity contribution < 1.29 is 27.8 Å². The Kier molecular flexibility index (Phi) is 6.63. The topological polar surface area (TPSA) is 105 Å². The zero-order valence-electron chi connectivity index (χ0n) is 15.7. The maximum absolute atomic E-state index is 13.0. The Labute approximate surface area is 174 Å². The van der Waals surface area contributed by atoms with E-state index >= 15 is 0 Å². The molecule has 1 aliphatic rings.